The van der Waals surface area contributed by atoms with Crippen LogP contribution >= 0.6 is 11.8 Å². The standard InChI is InChI=1S/C14H19NO2S/c16-8-7-15(10-12-4-2-1-3-5-12)14(17)13-6-9-18-11-13/h1-5,13,16H,6-11H2. The van der Waals surface area contributed by atoms with Crippen LogP contribution in [0.3, 0.4) is 0 Å². The van der Waals surface area contributed by atoms with Gasteiger partial charge in [0.15, 0.2) is 0 Å². The molecule has 1 saturated heterocycles. The Labute approximate surface area is 112 Å². The van der Waals surface area contributed by atoms with Gasteiger partial charge in [0.1, 0.15) is 0 Å². The van der Waals surface area contributed by atoms with Crippen molar-refractivity contribution in [3.63, 3.8) is 0 Å². The molecule has 4 heteroatoms. The van der Waals surface area contributed by atoms with E-state index in [1.807, 2.05) is 42.1 Å². The van der Waals surface area contributed by atoms with Gasteiger partial charge in [-0.05, 0) is 17.7 Å². The van der Waals surface area contributed by atoms with Crippen molar-refractivity contribution in [3.8, 4) is 0 Å². The van der Waals surface area contributed by atoms with Crippen LogP contribution in [-0.4, -0.2) is 40.6 Å². The number of nitrogens with zero attached hydrogens (tertiary/aromatic N) is 1. The second kappa shape index (κ2) is 6.81. The van der Waals surface area contributed by atoms with Crippen LogP contribution in [0.4, 0.5) is 0 Å². The van der Waals surface area contributed by atoms with Crippen LogP contribution in [0, 0.1) is 5.92 Å². The monoisotopic (exact) mass is 265 g/mol. The number of rotatable bonds is 5. The van der Waals surface area contributed by atoms with Crippen molar-refractivity contribution in [3.05, 3.63) is 35.9 Å². The smallest absolute Gasteiger partial charge is 0.226 e. The molecule has 1 unspecified atom stereocenters. The minimum atomic E-state index is 0.0262. The number of thioether (sulfide) groups is 1. The minimum absolute atomic E-state index is 0.0262. The molecule has 1 aromatic rings. The lowest BCUT2D eigenvalue weighted by Crippen LogP contribution is -2.37. The van der Waals surface area contributed by atoms with Crippen LogP contribution in [0.5, 0.6) is 0 Å². The third kappa shape index (κ3) is 3.50. The van der Waals surface area contributed by atoms with E-state index >= 15 is 0 Å². The first-order chi connectivity index (χ1) is 8.81. The Morgan fingerprint density at radius 3 is 2.78 bits per heavy atom. The number of aliphatic hydroxyl groups is 1. The number of benzene rings is 1. The predicted molar refractivity (Wildman–Crippen MR) is 74.4 cm³/mol. The molecule has 1 N–H and O–H groups in total. The zero-order valence-corrected chi connectivity index (χ0v) is 11.2. The molecular formula is C14H19NO2S. The van der Waals surface area contributed by atoms with E-state index in [1.165, 1.54) is 0 Å². The van der Waals surface area contributed by atoms with Gasteiger partial charge in [0.2, 0.25) is 5.91 Å². The lowest BCUT2D eigenvalue weighted by Gasteiger charge is -2.24. The molecule has 1 aromatic carbocycles. The Morgan fingerprint density at radius 1 is 1.39 bits per heavy atom. The van der Waals surface area contributed by atoms with Gasteiger partial charge in [-0.25, -0.2) is 0 Å². The largest absolute Gasteiger partial charge is 0.395 e. The first kappa shape index (κ1) is 13.4. The third-order valence-corrected chi connectivity index (χ3v) is 4.34. The summed E-state index contributed by atoms with van der Waals surface area (Å²) in [6.07, 6.45) is 0.972. The van der Waals surface area contributed by atoms with Crippen LogP contribution in [0.2, 0.25) is 0 Å². The summed E-state index contributed by atoms with van der Waals surface area (Å²) in [7, 11) is 0. The highest BCUT2D eigenvalue weighted by Gasteiger charge is 2.27. The molecule has 1 aliphatic heterocycles. The van der Waals surface area contributed by atoms with Crippen molar-refractivity contribution < 1.29 is 9.90 Å². The maximum Gasteiger partial charge on any atom is 0.226 e. The molecule has 0 bridgehead atoms. The SMILES string of the molecule is O=C(C1CCSC1)N(CCO)Cc1ccccc1. The van der Waals surface area contributed by atoms with Gasteiger partial charge in [-0.3, -0.25) is 4.79 Å². The van der Waals surface area contributed by atoms with Crippen LogP contribution in [-0.2, 0) is 11.3 Å². The van der Waals surface area contributed by atoms with Gasteiger partial charge in [0.25, 0.3) is 0 Å². The van der Waals surface area contributed by atoms with Gasteiger partial charge in [-0.15, -0.1) is 0 Å². The maximum atomic E-state index is 12.3. The molecule has 0 radical (unpaired) electrons. The molecule has 1 heterocycles. The normalized spacial score (nSPS) is 18.8. The van der Waals surface area contributed by atoms with Crippen LogP contribution in [0.25, 0.3) is 0 Å². The summed E-state index contributed by atoms with van der Waals surface area (Å²) < 4.78 is 0. The summed E-state index contributed by atoms with van der Waals surface area (Å²) in [5, 5.41) is 9.11. The van der Waals surface area contributed by atoms with Crippen LogP contribution in [0.15, 0.2) is 30.3 Å². The highest BCUT2D eigenvalue weighted by atomic mass is 32.2. The van der Waals surface area contributed by atoms with Gasteiger partial charge < -0.3 is 10.0 Å². The number of amides is 1. The van der Waals surface area contributed by atoms with Crippen molar-refractivity contribution in [1.82, 2.24) is 4.90 Å². The molecule has 1 amide bonds. The summed E-state index contributed by atoms with van der Waals surface area (Å²) in [4.78, 5) is 14.1. The molecule has 0 spiro atoms. The molecule has 18 heavy (non-hydrogen) atoms. The first-order valence-electron chi connectivity index (χ1n) is 6.32. The van der Waals surface area contributed by atoms with Gasteiger partial charge in [0.05, 0.1) is 6.61 Å². The zero-order valence-electron chi connectivity index (χ0n) is 10.4. The Bertz CT molecular complexity index is 377. The zero-order chi connectivity index (χ0) is 12.8. The van der Waals surface area contributed by atoms with E-state index in [0.29, 0.717) is 13.1 Å². The first-order valence-corrected chi connectivity index (χ1v) is 7.48. The molecular weight excluding hydrogens is 246 g/mol. The van der Waals surface area contributed by atoms with E-state index in [9.17, 15) is 4.79 Å². The van der Waals surface area contributed by atoms with E-state index in [1.54, 1.807) is 4.90 Å². The molecule has 98 valence electrons. The van der Waals surface area contributed by atoms with Crippen LogP contribution in [0.1, 0.15) is 12.0 Å². The average molecular weight is 265 g/mol. The van der Waals surface area contributed by atoms with E-state index < -0.39 is 0 Å². The number of carbonyl (C=O) groups excluding carboxylic acids is 1. The lowest BCUT2D eigenvalue weighted by atomic mass is 10.1. The average Bonchev–Trinajstić information content (AvgIpc) is 2.92. The Kier molecular flexibility index (Phi) is 5.08. The van der Waals surface area contributed by atoms with Gasteiger partial charge >= 0.3 is 0 Å². The Hall–Kier alpha value is -1.00. The third-order valence-electron chi connectivity index (χ3n) is 3.18. The van der Waals surface area contributed by atoms with Gasteiger partial charge in [-0.1, -0.05) is 30.3 Å². The van der Waals surface area contributed by atoms with Crippen LogP contribution < -0.4 is 0 Å². The highest BCUT2D eigenvalue weighted by molar-refractivity contribution is 7.99. The van der Waals surface area contributed by atoms with Gasteiger partial charge in [0, 0.05) is 24.8 Å². The second-order valence-electron chi connectivity index (χ2n) is 4.53. The summed E-state index contributed by atoms with van der Waals surface area (Å²) in [5.74, 6) is 2.34. The number of carbonyl (C=O) groups is 1. The number of hydrogen-bond acceptors (Lipinski definition) is 3. The molecule has 1 aliphatic rings. The molecule has 0 aliphatic carbocycles. The van der Waals surface area contributed by atoms with Crippen molar-refractivity contribution in [2.45, 2.75) is 13.0 Å². The molecule has 2 rings (SSSR count). The quantitative estimate of drug-likeness (QED) is 0.882. The van der Waals surface area contributed by atoms with Crippen molar-refractivity contribution in [1.29, 1.82) is 0 Å². The fourth-order valence-electron chi connectivity index (χ4n) is 2.18. The highest BCUT2D eigenvalue weighted by Crippen LogP contribution is 2.25. The molecule has 1 atom stereocenters. The molecule has 3 nitrogen and oxygen atoms in total. The lowest BCUT2D eigenvalue weighted by molar-refractivity contribution is -0.135. The van der Waals surface area contributed by atoms with E-state index in [0.717, 1.165) is 23.5 Å². The Balaban J connectivity index is 2.00. The number of hydrogen-bond donors (Lipinski definition) is 1. The van der Waals surface area contributed by atoms with E-state index in [4.69, 9.17) is 5.11 Å². The second-order valence-corrected chi connectivity index (χ2v) is 5.68. The predicted octanol–water partition coefficient (Wildman–Crippen LogP) is 1.76. The summed E-state index contributed by atoms with van der Waals surface area (Å²) in [5.41, 5.74) is 1.12. The molecule has 0 saturated carbocycles. The van der Waals surface area contributed by atoms with E-state index in [2.05, 4.69) is 0 Å². The number of aliphatic hydroxyl groups excluding tert-OH is 1. The fourth-order valence-corrected chi connectivity index (χ4v) is 3.39. The van der Waals surface area contributed by atoms with E-state index in [-0.39, 0.29) is 18.4 Å². The Morgan fingerprint density at radius 2 is 2.17 bits per heavy atom. The fraction of sp³-hybridized carbons (Fsp3) is 0.500. The van der Waals surface area contributed by atoms with Crippen molar-refractivity contribution in [2.24, 2.45) is 5.92 Å². The molecule has 1 fully saturated rings. The maximum absolute atomic E-state index is 12.3. The summed E-state index contributed by atoms with van der Waals surface area (Å²) in [6.45, 7) is 1.05. The summed E-state index contributed by atoms with van der Waals surface area (Å²) in [6, 6.07) is 9.95. The van der Waals surface area contributed by atoms with Crippen molar-refractivity contribution in [2.75, 3.05) is 24.7 Å². The topological polar surface area (TPSA) is 40.5 Å². The van der Waals surface area contributed by atoms with Gasteiger partial charge in [-0.2, -0.15) is 11.8 Å². The summed E-state index contributed by atoms with van der Waals surface area (Å²) >= 11 is 1.84. The van der Waals surface area contributed by atoms with Crippen molar-refractivity contribution >= 4 is 17.7 Å². The minimum Gasteiger partial charge on any atom is -0.395 e. The molecule has 0 aromatic heterocycles.